The quantitative estimate of drug-likeness (QED) is 0.393. The molecule has 0 saturated carbocycles. The van der Waals surface area contributed by atoms with Gasteiger partial charge < -0.3 is 4.74 Å². The highest BCUT2D eigenvalue weighted by Gasteiger charge is 2.22. The maximum atomic E-state index is 12.9. The highest BCUT2D eigenvalue weighted by atomic mass is 32.2. The van der Waals surface area contributed by atoms with E-state index in [0.717, 1.165) is 14.5 Å². The molecule has 0 bridgehead atoms. The van der Waals surface area contributed by atoms with Gasteiger partial charge in [-0.15, -0.1) is 0 Å². The van der Waals surface area contributed by atoms with Crippen LogP contribution in [0.1, 0.15) is 32.0 Å². The van der Waals surface area contributed by atoms with Crippen LogP contribution in [0.2, 0.25) is 0 Å². The number of nitrogens with two attached hydrogens (primary N) is 1. The second kappa shape index (κ2) is 7.45. The smallest absolute Gasteiger partial charge is 0.424 e. The van der Waals surface area contributed by atoms with Gasteiger partial charge >= 0.3 is 6.09 Å². The van der Waals surface area contributed by atoms with Crippen molar-refractivity contribution in [1.29, 1.82) is 0 Å². The number of aromatic nitrogens is 3. The summed E-state index contributed by atoms with van der Waals surface area (Å²) in [7, 11) is -3.80. The standard InChI is InChI=1S/C19H23N5O4S/c1-13-5-7-15(8-6-13)29(26,27)24-10-9-16-17(24)21-11-14(22-16)12-23(20)18(25)28-19(2,3)4/h5-11H,12,20H2,1-4H3. The van der Waals surface area contributed by atoms with Gasteiger partial charge in [-0.25, -0.2) is 38.0 Å². The number of rotatable bonds is 4. The number of hydrogen-bond donors (Lipinski definition) is 1. The van der Waals surface area contributed by atoms with Crippen LogP contribution in [-0.4, -0.2) is 39.1 Å². The van der Waals surface area contributed by atoms with E-state index in [-0.39, 0.29) is 17.1 Å². The van der Waals surface area contributed by atoms with Crippen LogP contribution in [0.4, 0.5) is 4.79 Å². The minimum atomic E-state index is -3.80. The number of fused-ring (bicyclic) bond motifs is 1. The Balaban J connectivity index is 1.87. The molecule has 0 fully saturated rings. The molecular weight excluding hydrogens is 394 g/mol. The van der Waals surface area contributed by atoms with Crippen molar-refractivity contribution in [3.05, 3.63) is 54.0 Å². The third-order valence-electron chi connectivity index (χ3n) is 3.94. The van der Waals surface area contributed by atoms with Gasteiger partial charge in [-0.1, -0.05) is 17.7 Å². The van der Waals surface area contributed by atoms with E-state index in [2.05, 4.69) is 9.97 Å². The molecule has 3 aromatic rings. The second-order valence-corrected chi connectivity index (χ2v) is 9.42. The first-order valence-corrected chi connectivity index (χ1v) is 10.3. The average Bonchev–Trinajstić information content (AvgIpc) is 3.04. The fraction of sp³-hybridized carbons (Fsp3) is 0.316. The largest absolute Gasteiger partial charge is 0.443 e. The van der Waals surface area contributed by atoms with Crippen molar-refractivity contribution < 1.29 is 17.9 Å². The minimum Gasteiger partial charge on any atom is -0.443 e. The van der Waals surface area contributed by atoms with Crippen LogP contribution >= 0.6 is 0 Å². The zero-order valence-corrected chi connectivity index (χ0v) is 17.5. The number of benzene rings is 1. The molecule has 9 nitrogen and oxygen atoms in total. The summed E-state index contributed by atoms with van der Waals surface area (Å²) in [4.78, 5) is 20.7. The molecule has 0 aliphatic heterocycles. The summed E-state index contributed by atoms with van der Waals surface area (Å²) in [6.45, 7) is 7.06. The van der Waals surface area contributed by atoms with Crippen LogP contribution < -0.4 is 5.84 Å². The number of amides is 1. The highest BCUT2D eigenvalue weighted by molar-refractivity contribution is 7.90. The second-order valence-electron chi connectivity index (χ2n) is 7.61. The van der Waals surface area contributed by atoms with Crippen molar-refractivity contribution in [2.24, 2.45) is 5.84 Å². The van der Waals surface area contributed by atoms with Crippen LogP contribution in [0.3, 0.4) is 0 Å². The van der Waals surface area contributed by atoms with Crippen molar-refractivity contribution in [3.8, 4) is 0 Å². The SMILES string of the molecule is Cc1ccc(S(=O)(=O)n2ccc3nc(CN(N)C(=O)OC(C)(C)C)cnc32)cc1. The molecular formula is C19H23N5O4S. The van der Waals surface area contributed by atoms with Gasteiger partial charge in [0.05, 0.1) is 23.3 Å². The first kappa shape index (κ1) is 20.7. The Kier molecular flexibility index (Phi) is 5.33. The van der Waals surface area contributed by atoms with E-state index in [1.54, 1.807) is 51.1 Å². The summed E-state index contributed by atoms with van der Waals surface area (Å²) in [5.41, 5.74) is 1.25. The molecule has 0 aliphatic carbocycles. The number of hydrogen-bond acceptors (Lipinski definition) is 7. The van der Waals surface area contributed by atoms with E-state index in [1.165, 1.54) is 12.4 Å². The fourth-order valence-electron chi connectivity index (χ4n) is 2.58. The van der Waals surface area contributed by atoms with Crippen LogP contribution in [0.5, 0.6) is 0 Å². The molecule has 1 aromatic carbocycles. The number of hydrazine groups is 1. The van der Waals surface area contributed by atoms with Crippen molar-refractivity contribution in [1.82, 2.24) is 18.9 Å². The van der Waals surface area contributed by atoms with Crippen molar-refractivity contribution in [2.75, 3.05) is 0 Å². The summed E-state index contributed by atoms with van der Waals surface area (Å²) >= 11 is 0. The Morgan fingerprint density at radius 2 is 1.86 bits per heavy atom. The van der Waals surface area contributed by atoms with Crippen LogP contribution in [0.15, 0.2) is 47.6 Å². The highest BCUT2D eigenvalue weighted by Crippen LogP contribution is 2.20. The fourth-order valence-corrected chi connectivity index (χ4v) is 3.88. The maximum Gasteiger partial charge on any atom is 0.424 e. The van der Waals surface area contributed by atoms with Gasteiger partial charge in [0.2, 0.25) is 0 Å². The van der Waals surface area contributed by atoms with Gasteiger partial charge in [0.1, 0.15) is 11.1 Å². The van der Waals surface area contributed by atoms with Crippen molar-refractivity contribution in [2.45, 2.75) is 44.7 Å². The molecule has 0 aliphatic rings. The topological polar surface area (TPSA) is 120 Å². The number of ether oxygens (including phenoxy) is 1. The van der Waals surface area contributed by atoms with Crippen molar-refractivity contribution >= 4 is 27.3 Å². The third kappa shape index (κ3) is 4.54. The Labute approximate surface area is 169 Å². The van der Waals surface area contributed by atoms with Gasteiger partial charge in [0, 0.05) is 6.20 Å². The van der Waals surface area contributed by atoms with E-state index in [9.17, 15) is 13.2 Å². The average molecular weight is 417 g/mol. The molecule has 2 heterocycles. The van der Waals surface area contributed by atoms with E-state index < -0.39 is 21.7 Å². The lowest BCUT2D eigenvalue weighted by atomic mass is 10.2. The Morgan fingerprint density at radius 1 is 1.21 bits per heavy atom. The lowest BCUT2D eigenvalue weighted by Gasteiger charge is -2.23. The monoisotopic (exact) mass is 417 g/mol. The number of carbonyl (C=O) groups is 1. The molecule has 3 rings (SSSR count). The molecule has 154 valence electrons. The van der Waals surface area contributed by atoms with Gasteiger partial charge in [-0.3, -0.25) is 0 Å². The molecule has 1 amide bonds. The Hall–Kier alpha value is -2.98. The summed E-state index contributed by atoms with van der Waals surface area (Å²) in [5.74, 6) is 5.75. The molecule has 10 heteroatoms. The predicted octanol–water partition coefficient (Wildman–Crippen LogP) is 2.59. The van der Waals surface area contributed by atoms with Gasteiger partial charge in [0.25, 0.3) is 10.0 Å². The lowest BCUT2D eigenvalue weighted by Crippen LogP contribution is -2.41. The molecule has 0 spiro atoms. The molecule has 2 N–H and O–H groups in total. The summed E-state index contributed by atoms with van der Waals surface area (Å²) < 4.78 is 32.1. The maximum absolute atomic E-state index is 12.9. The molecule has 0 saturated heterocycles. The van der Waals surface area contributed by atoms with Crippen LogP contribution in [0.25, 0.3) is 11.2 Å². The summed E-state index contributed by atoms with van der Waals surface area (Å²) in [6, 6.07) is 8.10. The first-order valence-electron chi connectivity index (χ1n) is 8.88. The van der Waals surface area contributed by atoms with Crippen LogP contribution in [0, 0.1) is 6.92 Å². The van der Waals surface area contributed by atoms with E-state index in [4.69, 9.17) is 10.6 Å². The third-order valence-corrected chi connectivity index (χ3v) is 5.62. The number of aryl methyl sites for hydroxylation is 1. The number of carbonyl (C=O) groups excluding carboxylic acids is 1. The zero-order chi connectivity index (χ0) is 21.4. The molecule has 0 radical (unpaired) electrons. The normalized spacial score (nSPS) is 12.2. The predicted molar refractivity (Wildman–Crippen MR) is 107 cm³/mol. The molecule has 0 unspecified atom stereocenters. The first-order chi connectivity index (χ1) is 13.5. The zero-order valence-electron chi connectivity index (χ0n) is 16.7. The van der Waals surface area contributed by atoms with Crippen LogP contribution in [-0.2, 0) is 21.3 Å². The summed E-state index contributed by atoms with van der Waals surface area (Å²) in [6.07, 6.45) is 2.09. The minimum absolute atomic E-state index is 0.0340. The molecule has 29 heavy (non-hydrogen) atoms. The summed E-state index contributed by atoms with van der Waals surface area (Å²) in [5, 5.41) is 0.890. The lowest BCUT2D eigenvalue weighted by molar-refractivity contribution is 0.0229. The Morgan fingerprint density at radius 3 is 2.48 bits per heavy atom. The van der Waals surface area contributed by atoms with Gasteiger partial charge in [-0.2, -0.15) is 0 Å². The van der Waals surface area contributed by atoms with E-state index in [0.29, 0.717) is 11.2 Å². The number of nitrogens with zero attached hydrogens (tertiary/aromatic N) is 4. The molecule has 0 atom stereocenters. The van der Waals surface area contributed by atoms with Gasteiger partial charge in [-0.05, 0) is 45.9 Å². The Bertz CT molecular complexity index is 1150. The van der Waals surface area contributed by atoms with Crippen molar-refractivity contribution in [3.63, 3.8) is 0 Å². The van der Waals surface area contributed by atoms with E-state index >= 15 is 0 Å². The molecule has 2 aromatic heterocycles. The van der Waals surface area contributed by atoms with E-state index in [1.807, 2.05) is 6.92 Å². The van der Waals surface area contributed by atoms with Gasteiger partial charge in [0.15, 0.2) is 5.65 Å².